The summed E-state index contributed by atoms with van der Waals surface area (Å²) in [5, 5.41) is 3.74. The maximum atomic E-state index is 12.4. The quantitative estimate of drug-likeness (QED) is 0.838. The number of benzene rings is 1. The molecule has 7 heteroatoms. The highest BCUT2D eigenvalue weighted by molar-refractivity contribution is 5.81. The Balaban J connectivity index is 1.38. The SMILES string of the molecule is O=C1C[C@@H]2CN(C(=O)COc3ccc4ccc(=O)oc4c3)CC[C@@H]2N1. The van der Waals surface area contributed by atoms with Gasteiger partial charge >= 0.3 is 5.63 Å². The van der Waals surface area contributed by atoms with Crippen molar-refractivity contribution in [1.29, 1.82) is 0 Å². The van der Waals surface area contributed by atoms with E-state index in [9.17, 15) is 14.4 Å². The van der Waals surface area contributed by atoms with E-state index in [4.69, 9.17) is 9.15 Å². The fourth-order valence-corrected chi connectivity index (χ4v) is 3.53. The summed E-state index contributed by atoms with van der Waals surface area (Å²) in [5.74, 6) is 0.633. The van der Waals surface area contributed by atoms with Gasteiger partial charge in [-0.05, 0) is 24.6 Å². The van der Waals surface area contributed by atoms with Crippen molar-refractivity contribution < 1.29 is 18.7 Å². The van der Waals surface area contributed by atoms with Crippen molar-refractivity contribution in [1.82, 2.24) is 10.2 Å². The summed E-state index contributed by atoms with van der Waals surface area (Å²) in [7, 11) is 0. The third-order valence-corrected chi connectivity index (χ3v) is 4.84. The summed E-state index contributed by atoms with van der Waals surface area (Å²) in [4.78, 5) is 36.9. The third kappa shape index (κ3) is 3.22. The van der Waals surface area contributed by atoms with Crippen LogP contribution in [-0.4, -0.2) is 42.5 Å². The summed E-state index contributed by atoms with van der Waals surface area (Å²) in [6.07, 6.45) is 1.27. The van der Waals surface area contributed by atoms with Crippen molar-refractivity contribution >= 4 is 22.8 Å². The van der Waals surface area contributed by atoms with Crippen LogP contribution in [0.15, 0.2) is 39.5 Å². The van der Waals surface area contributed by atoms with Crippen LogP contribution in [0.3, 0.4) is 0 Å². The van der Waals surface area contributed by atoms with E-state index in [0.29, 0.717) is 30.8 Å². The van der Waals surface area contributed by atoms with Crippen LogP contribution < -0.4 is 15.7 Å². The molecular weight excluding hydrogens is 324 g/mol. The number of rotatable bonds is 3. The second-order valence-corrected chi connectivity index (χ2v) is 6.51. The van der Waals surface area contributed by atoms with E-state index >= 15 is 0 Å². The Morgan fingerprint density at radius 2 is 2.12 bits per heavy atom. The number of nitrogens with one attached hydrogen (secondary N) is 1. The number of carbonyl (C=O) groups is 2. The molecule has 2 amide bonds. The fraction of sp³-hybridized carbons (Fsp3) is 0.389. The molecule has 2 aliphatic heterocycles. The van der Waals surface area contributed by atoms with Crippen LogP contribution in [0.1, 0.15) is 12.8 Å². The minimum atomic E-state index is -0.427. The summed E-state index contributed by atoms with van der Waals surface area (Å²) in [5.41, 5.74) is -0.00266. The lowest BCUT2D eigenvalue weighted by Gasteiger charge is -2.34. The van der Waals surface area contributed by atoms with Crippen molar-refractivity contribution in [2.24, 2.45) is 5.92 Å². The number of carbonyl (C=O) groups excluding carboxylic acids is 2. The molecule has 0 bridgehead atoms. The smallest absolute Gasteiger partial charge is 0.336 e. The van der Waals surface area contributed by atoms with E-state index in [1.165, 1.54) is 6.07 Å². The summed E-state index contributed by atoms with van der Waals surface area (Å²) in [6.45, 7) is 1.12. The second-order valence-electron chi connectivity index (χ2n) is 6.51. The van der Waals surface area contributed by atoms with Gasteiger partial charge in [-0.15, -0.1) is 0 Å². The van der Waals surface area contributed by atoms with Gasteiger partial charge in [-0.2, -0.15) is 0 Å². The van der Waals surface area contributed by atoms with Crippen molar-refractivity contribution in [2.75, 3.05) is 19.7 Å². The molecule has 1 aromatic carbocycles. The highest BCUT2D eigenvalue weighted by Gasteiger charge is 2.38. The molecule has 0 aliphatic carbocycles. The highest BCUT2D eigenvalue weighted by atomic mass is 16.5. The number of amides is 2. The number of hydrogen-bond donors (Lipinski definition) is 1. The minimum absolute atomic E-state index is 0.0678. The largest absolute Gasteiger partial charge is 0.484 e. The molecular formula is C18H18N2O5. The van der Waals surface area contributed by atoms with E-state index in [2.05, 4.69) is 5.32 Å². The lowest BCUT2D eigenvalue weighted by molar-refractivity contribution is -0.135. The lowest BCUT2D eigenvalue weighted by atomic mass is 9.93. The molecule has 0 spiro atoms. The molecule has 2 aromatic rings. The van der Waals surface area contributed by atoms with Crippen molar-refractivity contribution in [3.8, 4) is 5.75 Å². The van der Waals surface area contributed by atoms with E-state index < -0.39 is 5.63 Å². The van der Waals surface area contributed by atoms with Crippen molar-refractivity contribution in [3.63, 3.8) is 0 Å². The molecule has 2 saturated heterocycles. The standard InChI is InChI=1S/C18H18N2O5/c21-16-7-12-9-20(6-5-14(12)19-16)17(22)10-24-13-3-1-11-2-4-18(23)25-15(11)8-13/h1-4,8,12,14H,5-7,9-10H2,(H,19,21)/t12-,14+/m1/s1. The second kappa shape index (κ2) is 6.23. The van der Waals surface area contributed by atoms with Crippen molar-refractivity contribution in [2.45, 2.75) is 18.9 Å². The predicted molar refractivity (Wildman–Crippen MR) is 89.2 cm³/mol. The molecule has 2 atom stereocenters. The van der Waals surface area contributed by atoms with Crippen LogP contribution in [0, 0.1) is 5.92 Å². The van der Waals surface area contributed by atoms with Gasteiger partial charge in [0.2, 0.25) is 5.91 Å². The normalized spacial score (nSPS) is 22.6. The number of hydrogen-bond acceptors (Lipinski definition) is 5. The van der Waals surface area contributed by atoms with E-state index in [-0.39, 0.29) is 30.4 Å². The molecule has 2 aliphatic rings. The number of nitrogens with zero attached hydrogens (tertiary/aromatic N) is 1. The first kappa shape index (κ1) is 15.7. The Bertz CT molecular complexity index is 890. The summed E-state index contributed by atoms with van der Waals surface area (Å²) in [6, 6.07) is 8.35. The monoisotopic (exact) mass is 342 g/mol. The van der Waals surface area contributed by atoms with Gasteiger partial charge in [0.15, 0.2) is 6.61 Å². The molecule has 130 valence electrons. The van der Waals surface area contributed by atoms with Gasteiger partial charge in [0, 0.05) is 49.0 Å². The zero-order chi connectivity index (χ0) is 17.4. The molecule has 3 heterocycles. The van der Waals surface area contributed by atoms with Gasteiger partial charge in [-0.1, -0.05) is 0 Å². The first-order valence-electron chi connectivity index (χ1n) is 8.32. The number of likely N-dealkylation sites (tertiary alicyclic amines) is 1. The number of piperidine rings is 1. The predicted octanol–water partition coefficient (Wildman–Crippen LogP) is 0.909. The first-order valence-corrected chi connectivity index (χ1v) is 8.32. The van der Waals surface area contributed by atoms with Crippen LogP contribution in [0.2, 0.25) is 0 Å². The van der Waals surface area contributed by atoms with Gasteiger partial charge in [-0.25, -0.2) is 4.79 Å². The maximum Gasteiger partial charge on any atom is 0.336 e. The fourth-order valence-electron chi connectivity index (χ4n) is 3.53. The Labute approximate surface area is 143 Å². The van der Waals surface area contributed by atoms with E-state index in [1.54, 1.807) is 29.2 Å². The number of fused-ring (bicyclic) bond motifs is 2. The highest BCUT2D eigenvalue weighted by Crippen LogP contribution is 2.25. The van der Waals surface area contributed by atoms with E-state index in [1.807, 2.05) is 0 Å². The minimum Gasteiger partial charge on any atom is -0.484 e. The van der Waals surface area contributed by atoms with Crippen LogP contribution >= 0.6 is 0 Å². The average Bonchev–Trinajstić information content (AvgIpc) is 2.98. The maximum absolute atomic E-state index is 12.4. The molecule has 0 saturated carbocycles. The van der Waals surface area contributed by atoms with E-state index in [0.717, 1.165) is 11.8 Å². The molecule has 0 unspecified atom stereocenters. The van der Waals surface area contributed by atoms with Gasteiger partial charge in [-0.3, -0.25) is 9.59 Å². The Morgan fingerprint density at radius 1 is 1.28 bits per heavy atom. The topological polar surface area (TPSA) is 88.8 Å². The van der Waals surface area contributed by atoms with Crippen LogP contribution in [0.25, 0.3) is 11.0 Å². The molecule has 25 heavy (non-hydrogen) atoms. The first-order chi connectivity index (χ1) is 12.1. The zero-order valence-corrected chi connectivity index (χ0v) is 13.6. The molecule has 2 fully saturated rings. The molecule has 4 rings (SSSR count). The van der Waals surface area contributed by atoms with Crippen LogP contribution in [-0.2, 0) is 9.59 Å². The third-order valence-electron chi connectivity index (χ3n) is 4.84. The molecule has 0 radical (unpaired) electrons. The van der Waals surface area contributed by atoms with Crippen molar-refractivity contribution in [3.05, 3.63) is 40.8 Å². The van der Waals surface area contributed by atoms with Crippen LogP contribution in [0.4, 0.5) is 0 Å². The molecule has 1 aromatic heterocycles. The lowest BCUT2D eigenvalue weighted by Crippen LogP contribution is -2.48. The summed E-state index contributed by atoms with van der Waals surface area (Å²) < 4.78 is 10.7. The molecule has 1 N–H and O–H groups in total. The zero-order valence-electron chi connectivity index (χ0n) is 13.6. The Kier molecular flexibility index (Phi) is 3.91. The molecule has 7 nitrogen and oxygen atoms in total. The average molecular weight is 342 g/mol. The van der Waals surface area contributed by atoms with Gasteiger partial charge in [0.25, 0.3) is 5.91 Å². The summed E-state index contributed by atoms with van der Waals surface area (Å²) >= 11 is 0. The Hall–Kier alpha value is -2.83. The number of ether oxygens (including phenoxy) is 1. The van der Waals surface area contributed by atoms with Gasteiger partial charge in [0.1, 0.15) is 11.3 Å². The van der Waals surface area contributed by atoms with Gasteiger partial charge < -0.3 is 19.4 Å². The van der Waals surface area contributed by atoms with Crippen LogP contribution in [0.5, 0.6) is 5.75 Å². The van der Waals surface area contributed by atoms with Gasteiger partial charge in [0.05, 0.1) is 0 Å². The Morgan fingerprint density at radius 3 is 3.00 bits per heavy atom.